The maximum Gasteiger partial charge on any atom is 0.231 e. The van der Waals surface area contributed by atoms with Gasteiger partial charge in [-0.05, 0) is 48.1 Å². The maximum atomic E-state index is 11.9. The molecule has 0 spiro atoms. The number of carbonyl (C=O) groups excluding carboxylic acids is 1. The summed E-state index contributed by atoms with van der Waals surface area (Å²) in [6.07, 6.45) is 4.16. The third-order valence-corrected chi connectivity index (χ3v) is 3.99. The zero-order valence-electron chi connectivity index (χ0n) is 10.9. The Morgan fingerprint density at radius 2 is 2.05 bits per heavy atom. The summed E-state index contributed by atoms with van der Waals surface area (Å²) in [6.45, 7) is 0. The number of halogens is 1. The average Bonchev–Trinajstić information content (AvgIpc) is 3.26. The third-order valence-electron chi connectivity index (χ3n) is 3.65. The fourth-order valence-corrected chi connectivity index (χ4v) is 2.71. The Morgan fingerprint density at radius 1 is 1.30 bits per heavy atom. The molecule has 0 aliphatic heterocycles. The Labute approximate surface area is 122 Å². The molecular formula is C16H15ClN2O. The number of aromatic nitrogens is 1. The molecule has 1 fully saturated rings. The number of primary amides is 1. The van der Waals surface area contributed by atoms with E-state index in [-0.39, 0.29) is 0 Å². The molecule has 1 aliphatic carbocycles. The molecule has 1 aromatic carbocycles. The van der Waals surface area contributed by atoms with Gasteiger partial charge in [0.15, 0.2) is 0 Å². The van der Waals surface area contributed by atoms with E-state index in [2.05, 4.69) is 4.98 Å². The van der Waals surface area contributed by atoms with Crippen LogP contribution in [0.4, 0.5) is 0 Å². The Balaban J connectivity index is 2.05. The van der Waals surface area contributed by atoms with Crippen molar-refractivity contribution in [3.05, 3.63) is 64.4 Å². The smallest absolute Gasteiger partial charge is 0.231 e. The lowest BCUT2D eigenvalue weighted by atomic mass is 9.93. The van der Waals surface area contributed by atoms with Crippen LogP contribution in [0.15, 0.2) is 42.6 Å². The van der Waals surface area contributed by atoms with Gasteiger partial charge in [0.05, 0.1) is 5.69 Å². The van der Waals surface area contributed by atoms with Gasteiger partial charge in [0.1, 0.15) is 5.92 Å². The summed E-state index contributed by atoms with van der Waals surface area (Å²) in [7, 11) is 0. The number of nitrogens with two attached hydrogens (primary N) is 1. The molecule has 1 heterocycles. The largest absolute Gasteiger partial charge is 0.369 e. The average molecular weight is 287 g/mol. The number of hydrogen-bond donors (Lipinski definition) is 1. The predicted molar refractivity (Wildman–Crippen MR) is 78.7 cm³/mol. The minimum atomic E-state index is -0.595. The highest BCUT2D eigenvalue weighted by Crippen LogP contribution is 2.41. The van der Waals surface area contributed by atoms with E-state index >= 15 is 0 Å². The van der Waals surface area contributed by atoms with E-state index in [0.29, 0.717) is 22.2 Å². The molecule has 1 aliphatic rings. The Kier molecular flexibility index (Phi) is 3.45. The molecule has 1 saturated carbocycles. The monoisotopic (exact) mass is 286 g/mol. The van der Waals surface area contributed by atoms with Crippen LogP contribution in [0.3, 0.4) is 0 Å². The fourth-order valence-electron chi connectivity index (χ4n) is 2.46. The molecule has 4 heteroatoms. The van der Waals surface area contributed by atoms with Crippen LogP contribution in [0.5, 0.6) is 0 Å². The number of nitrogens with zero attached hydrogens (tertiary/aromatic N) is 1. The number of carbonyl (C=O) groups is 1. The molecular weight excluding hydrogens is 272 g/mol. The first-order valence-corrected chi connectivity index (χ1v) is 7.04. The van der Waals surface area contributed by atoms with Crippen LogP contribution < -0.4 is 5.73 Å². The van der Waals surface area contributed by atoms with E-state index in [4.69, 9.17) is 17.3 Å². The van der Waals surface area contributed by atoms with Gasteiger partial charge >= 0.3 is 0 Å². The summed E-state index contributed by atoms with van der Waals surface area (Å²) in [5.41, 5.74) is 8.19. The summed E-state index contributed by atoms with van der Waals surface area (Å²) in [5.74, 6) is -0.419. The zero-order valence-corrected chi connectivity index (χ0v) is 11.7. The first kappa shape index (κ1) is 13.1. The second-order valence-electron chi connectivity index (χ2n) is 5.15. The standard InChI is InChI=1S/C16H15ClN2O/c17-13-4-2-1-3-12(13)15(16(18)20)14-9-11(7-8-19-14)10-5-6-10/h1-4,7-10,15H,5-6H2,(H2,18,20). The van der Waals surface area contributed by atoms with Crippen molar-refractivity contribution >= 4 is 17.5 Å². The SMILES string of the molecule is NC(=O)C(c1cc(C2CC2)ccn1)c1ccccc1Cl. The van der Waals surface area contributed by atoms with E-state index in [1.54, 1.807) is 12.3 Å². The lowest BCUT2D eigenvalue weighted by Crippen LogP contribution is -2.23. The minimum absolute atomic E-state index is 0.432. The molecule has 1 unspecified atom stereocenters. The van der Waals surface area contributed by atoms with E-state index in [1.807, 2.05) is 30.3 Å². The molecule has 1 atom stereocenters. The van der Waals surface area contributed by atoms with Crippen LogP contribution in [0.1, 0.15) is 41.5 Å². The highest BCUT2D eigenvalue weighted by molar-refractivity contribution is 6.31. The van der Waals surface area contributed by atoms with Crippen LogP contribution >= 0.6 is 11.6 Å². The molecule has 3 nitrogen and oxygen atoms in total. The van der Waals surface area contributed by atoms with Crippen molar-refractivity contribution in [3.63, 3.8) is 0 Å². The van der Waals surface area contributed by atoms with E-state index < -0.39 is 11.8 Å². The summed E-state index contributed by atoms with van der Waals surface area (Å²) in [5, 5.41) is 0.537. The summed E-state index contributed by atoms with van der Waals surface area (Å²) in [6, 6.07) is 11.3. The topological polar surface area (TPSA) is 56.0 Å². The van der Waals surface area contributed by atoms with Crippen molar-refractivity contribution in [1.82, 2.24) is 4.98 Å². The first-order chi connectivity index (χ1) is 9.66. The lowest BCUT2D eigenvalue weighted by Gasteiger charge is -2.15. The normalized spacial score (nSPS) is 15.8. The molecule has 0 saturated heterocycles. The molecule has 0 bridgehead atoms. The molecule has 102 valence electrons. The van der Waals surface area contributed by atoms with Gasteiger partial charge in [0.25, 0.3) is 0 Å². The van der Waals surface area contributed by atoms with E-state index in [1.165, 1.54) is 18.4 Å². The van der Waals surface area contributed by atoms with Crippen molar-refractivity contribution in [2.45, 2.75) is 24.7 Å². The minimum Gasteiger partial charge on any atom is -0.369 e. The van der Waals surface area contributed by atoms with Crippen LogP contribution in [-0.4, -0.2) is 10.9 Å². The molecule has 2 aromatic rings. The van der Waals surface area contributed by atoms with Gasteiger partial charge in [0, 0.05) is 11.2 Å². The van der Waals surface area contributed by atoms with Crippen LogP contribution in [-0.2, 0) is 4.79 Å². The fraction of sp³-hybridized carbons (Fsp3) is 0.250. The molecule has 2 N–H and O–H groups in total. The van der Waals surface area contributed by atoms with Crippen molar-refractivity contribution in [1.29, 1.82) is 0 Å². The predicted octanol–water partition coefficient (Wildman–Crippen LogP) is 3.23. The Morgan fingerprint density at radius 3 is 2.70 bits per heavy atom. The molecule has 1 amide bonds. The first-order valence-electron chi connectivity index (χ1n) is 6.66. The van der Waals surface area contributed by atoms with E-state index in [0.717, 1.165) is 0 Å². The highest BCUT2D eigenvalue weighted by atomic mass is 35.5. The Bertz CT molecular complexity index is 652. The number of pyridine rings is 1. The Hall–Kier alpha value is -1.87. The molecule has 1 aromatic heterocycles. The van der Waals surface area contributed by atoms with Crippen molar-refractivity contribution in [3.8, 4) is 0 Å². The van der Waals surface area contributed by atoms with Crippen molar-refractivity contribution < 1.29 is 4.79 Å². The number of benzene rings is 1. The highest BCUT2D eigenvalue weighted by Gasteiger charge is 2.27. The van der Waals surface area contributed by atoms with Crippen LogP contribution in [0, 0.1) is 0 Å². The van der Waals surface area contributed by atoms with Crippen molar-refractivity contribution in [2.75, 3.05) is 0 Å². The molecule has 20 heavy (non-hydrogen) atoms. The maximum absolute atomic E-state index is 11.9. The summed E-state index contributed by atoms with van der Waals surface area (Å²) < 4.78 is 0. The summed E-state index contributed by atoms with van der Waals surface area (Å²) >= 11 is 6.19. The van der Waals surface area contributed by atoms with Gasteiger partial charge in [-0.3, -0.25) is 9.78 Å². The summed E-state index contributed by atoms with van der Waals surface area (Å²) in [4.78, 5) is 16.2. The number of rotatable bonds is 4. The van der Waals surface area contributed by atoms with Gasteiger partial charge in [-0.15, -0.1) is 0 Å². The second kappa shape index (κ2) is 5.25. The van der Waals surface area contributed by atoms with Gasteiger partial charge in [-0.25, -0.2) is 0 Å². The van der Waals surface area contributed by atoms with Crippen molar-refractivity contribution in [2.24, 2.45) is 5.73 Å². The lowest BCUT2D eigenvalue weighted by molar-refractivity contribution is -0.118. The zero-order chi connectivity index (χ0) is 14.1. The molecule has 3 rings (SSSR count). The van der Waals surface area contributed by atoms with E-state index in [9.17, 15) is 4.79 Å². The van der Waals surface area contributed by atoms with Gasteiger partial charge in [-0.1, -0.05) is 29.8 Å². The third kappa shape index (κ3) is 2.54. The van der Waals surface area contributed by atoms with Crippen LogP contribution in [0.2, 0.25) is 5.02 Å². The molecule has 0 radical (unpaired) electrons. The number of amides is 1. The van der Waals surface area contributed by atoms with Crippen LogP contribution in [0.25, 0.3) is 0 Å². The van der Waals surface area contributed by atoms with Gasteiger partial charge in [-0.2, -0.15) is 0 Å². The number of hydrogen-bond acceptors (Lipinski definition) is 2. The quantitative estimate of drug-likeness (QED) is 0.938. The second-order valence-corrected chi connectivity index (χ2v) is 5.55. The van der Waals surface area contributed by atoms with Gasteiger partial charge in [0.2, 0.25) is 5.91 Å². The van der Waals surface area contributed by atoms with Gasteiger partial charge < -0.3 is 5.73 Å².